The molecule has 0 radical (unpaired) electrons. The Kier molecular flexibility index (Phi) is 5.37. The topological polar surface area (TPSA) is 78.7 Å². The van der Waals surface area contributed by atoms with Gasteiger partial charge in [0.05, 0.1) is 4.92 Å². The Hall–Kier alpha value is -2.80. The van der Waals surface area contributed by atoms with Crippen molar-refractivity contribution in [2.24, 2.45) is 0 Å². The lowest BCUT2D eigenvalue weighted by Gasteiger charge is -2.09. The Morgan fingerprint density at radius 1 is 1.26 bits per heavy atom. The maximum Gasteiger partial charge on any atom is 0.314 e. The SMILES string of the molecule is COCC(=O)c1cc(F)c(OCc2ccccc2)c([N+](=O)[O-])c1. The normalized spacial score (nSPS) is 10.3. The first kappa shape index (κ1) is 16.6. The summed E-state index contributed by atoms with van der Waals surface area (Å²) >= 11 is 0. The minimum Gasteiger partial charge on any atom is -0.480 e. The van der Waals surface area contributed by atoms with E-state index in [1.54, 1.807) is 24.3 Å². The molecule has 6 nitrogen and oxygen atoms in total. The average Bonchev–Trinajstić information content (AvgIpc) is 2.54. The molecule has 0 aliphatic carbocycles. The predicted octanol–water partition coefficient (Wildman–Crippen LogP) is 3.14. The van der Waals surface area contributed by atoms with Crippen LogP contribution in [0.5, 0.6) is 5.75 Å². The summed E-state index contributed by atoms with van der Waals surface area (Å²) in [6, 6.07) is 10.8. The number of hydrogen-bond acceptors (Lipinski definition) is 5. The molecule has 0 bridgehead atoms. The standard InChI is InChI=1S/C16H14FNO5/c1-22-10-15(19)12-7-13(17)16(14(8-12)18(20)21)23-9-11-5-3-2-4-6-11/h2-8H,9-10H2,1H3. The average molecular weight is 319 g/mol. The highest BCUT2D eigenvalue weighted by Crippen LogP contribution is 2.32. The molecule has 0 spiro atoms. The highest BCUT2D eigenvalue weighted by molar-refractivity contribution is 5.98. The molecule has 0 unspecified atom stereocenters. The minimum absolute atomic E-state index is 0.0238. The molecular weight excluding hydrogens is 305 g/mol. The first-order chi connectivity index (χ1) is 11.0. The van der Waals surface area contributed by atoms with Crippen molar-refractivity contribution in [3.05, 3.63) is 69.5 Å². The fourth-order valence-corrected chi connectivity index (χ4v) is 1.96. The van der Waals surface area contributed by atoms with Crippen LogP contribution in [0.15, 0.2) is 42.5 Å². The molecule has 0 aromatic heterocycles. The van der Waals surface area contributed by atoms with Gasteiger partial charge in [0.15, 0.2) is 11.6 Å². The van der Waals surface area contributed by atoms with Crippen LogP contribution >= 0.6 is 0 Å². The Morgan fingerprint density at radius 3 is 2.57 bits per heavy atom. The number of halogens is 1. The lowest BCUT2D eigenvalue weighted by molar-refractivity contribution is -0.386. The molecule has 0 saturated heterocycles. The highest BCUT2D eigenvalue weighted by Gasteiger charge is 2.24. The van der Waals surface area contributed by atoms with E-state index in [4.69, 9.17) is 4.74 Å². The van der Waals surface area contributed by atoms with E-state index in [2.05, 4.69) is 4.74 Å². The molecule has 2 rings (SSSR count). The molecule has 0 N–H and O–H groups in total. The van der Waals surface area contributed by atoms with Gasteiger partial charge in [-0.1, -0.05) is 30.3 Å². The summed E-state index contributed by atoms with van der Waals surface area (Å²) in [4.78, 5) is 22.1. The molecule has 2 aromatic rings. The van der Waals surface area contributed by atoms with Crippen LogP contribution in [0.3, 0.4) is 0 Å². The van der Waals surface area contributed by atoms with Crippen LogP contribution in [-0.2, 0) is 11.3 Å². The van der Waals surface area contributed by atoms with Gasteiger partial charge < -0.3 is 9.47 Å². The number of methoxy groups -OCH3 is 1. The number of nitro groups is 1. The molecular formula is C16H14FNO5. The number of carbonyl (C=O) groups is 1. The third kappa shape index (κ3) is 4.10. The van der Waals surface area contributed by atoms with Gasteiger partial charge in [0.2, 0.25) is 5.75 Å². The molecule has 0 atom stereocenters. The second-order valence-corrected chi connectivity index (χ2v) is 4.69. The van der Waals surface area contributed by atoms with Crippen molar-refractivity contribution >= 4 is 11.5 Å². The molecule has 0 amide bonds. The summed E-state index contributed by atoms with van der Waals surface area (Å²) in [5, 5.41) is 11.1. The van der Waals surface area contributed by atoms with Crippen LogP contribution < -0.4 is 4.74 Å². The number of hydrogen-bond donors (Lipinski definition) is 0. The Balaban J connectivity index is 2.31. The maximum atomic E-state index is 14.2. The first-order valence-electron chi connectivity index (χ1n) is 6.69. The Bertz CT molecular complexity index is 718. The maximum absolute atomic E-state index is 14.2. The molecule has 0 heterocycles. The van der Waals surface area contributed by atoms with E-state index in [1.165, 1.54) is 7.11 Å². The lowest BCUT2D eigenvalue weighted by atomic mass is 10.1. The van der Waals surface area contributed by atoms with Gasteiger partial charge >= 0.3 is 5.69 Å². The quantitative estimate of drug-likeness (QED) is 0.445. The van der Waals surface area contributed by atoms with Gasteiger partial charge in [0.25, 0.3) is 0 Å². The third-order valence-electron chi connectivity index (χ3n) is 3.04. The zero-order valence-corrected chi connectivity index (χ0v) is 12.3. The Labute approximate surface area is 131 Å². The van der Waals surface area contributed by atoms with Crippen molar-refractivity contribution in [1.82, 2.24) is 0 Å². The van der Waals surface area contributed by atoms with Crippen molar-refractivity contribution in [3.63, 3.8) is 0 Å². The Morgan fingerprint density at radius 2 is 1.96 bits per heavy atom. The largest absolute Gasteiger partial charge is 0.480 e. The van der Waals surface area contributed by atoms with Gasteiger partial charge in [-0.2, -0.15) is 0 Å². The van der Waals surface area contributed by atoms with Gasteiger partial charge in [-0.05, 0) is 11.6 Å². The van der Waals surface area contributed by atoms with Gasteiger partial charge in [-0.25, -0.2) is 4.39 Å². The molecule has 23 heavy (non-hydrogen) atoms. The van der Waals surface area contributed by atoms with E-state index < -0.39 is 28.0 Å². The van der Waals surface area contributed by atoms with E-state index in [1.807, 2.05) is 6.07 Å². The van der Waals surface area contributed by atoms with Crippen LogP contribution in [0.2, 0.25) is 0 Å². The zero-order valence-electron chi connectivity index (χ0n) is 12.3. The number of rotatable bonds is 7. The number of Topliss-reactive ketones (excluding diaryl/α,β-unsaturated/α-hetero) is 1. The number of ketones is 1. The minimum atomic E-state index is -0.963. The van der Waals surface area contributed by atoms with Crippen molar-refractivity contribution < 1.29 is 23.6 Å². The van der Waals surface area contributed by atoms with Gasteiger partial charge in [0.1, 0.15) is 13.2 Å². The number of nitrogens with zero attached hydrogens (tertiary/aromatic N) is 1. The summed E-state index contributed by atoms with van der Waals surface area (Å²) in [7, 11) is 1.31. The smallest absolute Gasteiger partial charge is 0.314 e. The predicted molar refractivity (Wildman–Crippen MR) is 80.0 cm³/mol. The molecule has 7 heteroatoms. The zero-order chi connectivity index (χ0) is 16.8. The fourth-order valence-electron chi connectivity index (χ4n) is 1.96. The van der Waals surface area contributed by atoms with Crippen LogP contribution in [0.4, 0.5) is 10.1 Å². The van der Waals surface area contributed by atoms with Crippen molar-refractivity contribution in [2.75, 3.05) is 13.7 Å². The van der Waals surface area contributed by atoms with Crippen LogP contribution in [-0.4, -0.2) is 24.4 Å². The molecule has 2 aromatic carbocycles. The van der Waals surface area contributed by atoms with Gasteiger partial charge in [0, 0.05) is 18.7 Å². The van der Waals surface area contributed by atoms with E-state index in [9.17, 15) is 19.3 Å². The van der Waals surface area contributed by atoms with Crippen molar-refractivity contribution in [2.45, 2.75) is 6.61 Å². The molecule has 0 aliphatic rings. The number of ether oxygens (including phenoxy) is 2. The molecule has 120 valence electrons. The summed E-state index contributed by atoms with van der Waals surface area (Å²) in [5.74, 6) is -2.01. The van der Waals surface area contributed by atoms with Crippen LogP contribution in [0.25, 0.3) is 0 Å². The summed E-state index contributed by atoms with van der Waals surface area (Å²) < 4.78 is 24.1. The third-order valence-corrected chi connectivity index (χ3v) is 3.04. The first-order valence-corrected chi connectivity index (χ1v) is 6.69. The fraction of sp³-hybridized carbons (Fsp3) is 0.188. The summed E-state index contributed by atoms with van der Waals surface area (Å²) in [5.41, 5.74) is 0.00392. The van der Waals surface area contributed by atoms with Crippen LogP contribution in [0.1, 0.15) is 15.9 Å². The molecule has 0 saturated carbocycles. The van der Waals surface area contributed by atoms with E-state index in [0.29, 0.717) is 0 Å². The lowest BCUT2D eigenvalue weighted by Crippen LogP contribution is -2.09. The summed E-state index contributed by atoms with van der Waals surface area (Å²) in [6.45, 7) is -0.315. The molecule has 0 aliphatic heterocycles. The van der Waals surface area contributed by atoms with E-state index in [-0.39, 0.29) is 18.8 Å². The van der Waals surface area contributed by atoms with Crippen molar-refractivity contribution in [3.8, 4) is 5.75 Å². The second kappa shape index (κ2) is 7.46. The highest BCUT2D eigenvalue weighted by atomic mass is 19.1. The van der Waals surface area contributed by atoms with Gasteiger partial charge in [-0.15, -0.1) is 0 Å². The number of nitro benzene ring substituents is 1. The van der Waals surface area contributed by atoms with Crippen LogP contribution in [0, 0.1) is 15.9 Å². The van der Waals surface area contributed by atoms with Crippen molar-refractivity contribution in [1.29, 1.82) is 0 Å². The van der Waals surface area contributed by atoms with E-state index in [0.717, 1.165) is 17.7 Å². The number of carbonyl (C=O) groups excluding carboxylic acids is 1. The molecule has 0 fully saturated rings. The summed E-state index contributed by atoms with van der Waals surface area (Å²) in [6.07, 6.45) is 0. The van der Waals surface area contributed by atoms with Gasteiger partial charge in [-0.3, -0.25) is 14.9 Å². The van der Waals surface area contributed by atoms with E-state index >= 15 is 0 Å². The monoisotopic (exact) mass is 319 g/mol. The number of benzene rings is 2. The second-order valence-electron chi connectivity index (χ2n) is 4.69.